The molecule has 0 spiro atoms. The topological polar surface area (TPSA) is 42.2 Å². The van der Waals surface area contributed by atoms with Gasteiger partial charge in [0.1, 0.15) is 5.75 Å². The van der Waals surface area contributed by atoms with E-state index >= 15 is 0 Å². The van der Waals surface area contributed by atoms with Crippen molar-refractivity contribution in [2.24, 2.45) is 0 Å². The minimum atomic E-state index is -0.125. The Morgan fingerprint density at radius 2 is 1.68 bits per heavy atom. The largest absolute Gasteiger partial charge is 1.00 e. The van der Waals surface area contributed by atoms with E-state index in [9.17, 15) is 4.79 Å². The molecule has 0 aliphatic carbocycles. The first-order valence-corrected chi connectivity index (χ1v) is 14.8. The van der Waals surface area contributed by atoms with Gasteiger partial charge in [0.05, 0.1) is 12.0 Å². The summed E-state index contributed by atoms with van der Waals surface area (Å²) in [4.78, 5) is 13.2. The number of unbranched alkanes of at least 4 members (excludes halogenated alkanes) is 7. The molecule has 4 nitrogen and oxygen atoms in total. The van der Waals surface area contributed by atoms with Crippen LogP contribution in [0, 0.1) is 6.92 Å². The molecular weight excluding hydrogens is 556 g/mol. The standard InChI is InChI=1S/C32H44N2O2S.BrH/c1-6-7-8-9-10-11-12-13-19-36-30-18-17-27(21-29(30)32(3,4)5)31(35)33-28-16-14-15-26(20-28)22-34-24-37-23-25(34)2;/h14-18,20-21,23-24H,6-13,19,22H2,1-5H3;1H. The maximum atomic E-state index is 13.2. The van der Waals surface area contributed by atoms with Crippen LogP contribution in [-0.4, -0.2) is 12.5 Å². The van der Waals surface area contributed by atoms with Crippen LogP contribution in [0.15, 0.2) is 53.4 Å². The Kier molecular flexibility index (Phi) is 13.5. The predicted molar refractivity (Wildman–Crippen MR) is 156 cm³/mol. The zero-order valence-corrected chi connectivity index (χ0v) is 26.2. The van der Waals surface area contributed by atoms with E-state index in [4.69, 9.17) is 4.74 Å². The van der Waals surface area contributed by atoms with Crippen LogP contribution in [-0.2, 0) is 12.0 Å². The highest BCUT2D eigenvalue weighted by Crippen LogP contribution is 2.32. The van der Waals surface area contributed by atoms with Gasteiger partial charge in [0.2, 0.25) is 5.51 Å². The molecule has 1 amide bonds. The average molecular weight is 602 g/mol. The second-order valence-electron chi connectivity index (χ2n) is 11.1. The van der Waals surface area contributed by atoms with Gasteiger partial charge in [-0.2, -0.15) is 4.57 Å². The van der Waals surface area contributed by atoms with Crippen molar-refractivity contribution in [3.63, 3.8) is 0 Å². The number of amides is 1. The molecule has 6 heteroatoms. The van der Waals surface area contributed by atoms with E-state index in [1.165, 1.54) is 50.6 Å². The summed E-state index contributed by atoms with van der Waals surface area (Å²) in [5.74, 6) is 0.786. The molecule has 0 saturated carbocycles. The summed E-state index contributed by atoms with van der Waals surface area (Å²) in [5.41, 5.74) is 6.91. The molecule has 0 bridgehead atoms. The highest BCUT2D eigenvalue weighted by atomic mass is 79.9. The first-order valence-electron chi connectivity index (χ1n) is 13.9. The third-order valence-electron chi connectivity index (χ3n) is 6.72. The third kappa shape index (κ3) is 10.2. The van der Waals surface area contributed by atoms with Crippen molar-refractivity contribution in [2.75, 3.05) is 11.9 Å². The molecule has 208 valence electrons. The Labute approximate surface area is 244 Å². The molecule has 0 radical (unpaired) electrons. The van der Waals surface area contributed by atoms with Crippen LogP contribution >= 0.6 is 11.3 Å². The Morgan fingerprint density at radius 1 is 0.974 bits per heavy atom. The lowest BCUT2D eigenvalue weighted by molar-refractivity contribution is -0.689. The van der Waals surface area contributed by atoms with Crippen molar-refractivity contribution in [1.29, 1.82) is 0 Å². The number of anilines is 1. The number of halogens is 1. The molecule has 2 aromatic carbocycles. The number of nitrogens with zero attached hydrogens (tertiary/aromatic N) is 1. The second kappa shape index (κ2) is 16.0. The number of benzene rings is 2. The number of ether oxygens (including phenoxy) is 1. The monoisotopic (exact) mass is 600 g/mol. The average Bonchev–Trinajstić information content (AvgIpc) is 3.26. The molecule has 0 saturated heterocycles. The van der Waals surface area contributed by atoms with E-state index in [1.807, 2.05) is 36.4 Å². The van der Waals surface area contributed by atoms with Crippen LogP contribution in [0.2, 0.25) is 0 Å². The van der Waals surface area contributed by atoms with Gasteiger partial charge < -0.3 is 27.0 Å². The van der Waals surface area contributed by atoms with Gasteiger partial charge >= 0.3 is 0 Å². The van der Waals surface area contributed by atoms with E-state index in [0.717, 1.165) is 42.1 Å². The van der Waals surface area contributed by atoms with Gasteiger partial charge in [0.25, 0.3) is 5.91 Å². The lowest BCUT2D eigenvalue weighted by Crippen LogP contribution is -3.00. The highest BCUT2D eigenvalue weighted by molar-refractivity contribution is 7.07. The number of aryl methyl sites for hydroxylation is 1. The summed E-state index contributed by atoms with van der Waals surface area (Å²) in [7, 11) is 0. The number of hydrogen-bond donors (Lipinski definition) is 1. The van der Waals surface area contributed by atoms with E-state index < -0.39 is 0 Å². The lowest BCUT2D eigenvalue weighted by atomic mass is 9.85. The first-order chi connectivity index (χ1) is 17.8. The Bertz CT molecular complexity index is 1140. The van der Waals surface area contributed by atoms with Gasteiger partial charge in [-0.05, 0) is 42.2 Å². The van der Waals surface area contributed by atoms with Crippen molar-refractivity contribution in [3.8, 4) is 5.75 Å². The second-order valence-corrected chi connectivity index (χ2v) is 11.8. The number of carbonyl (C=O) groups excluding carboxylic acids is 1. The maximum Gasteiger partial charge on any atom is 0.255 e. The summed E-state index contributed by atoms with van der Waals surface area (Å²) < 4.78 is 8.42. The van der Waals surface area contributed by atoms with Gasteiger partial charge in [-0.15, -0.1) is 0 Å². The predicted octanol–water partition coefficient (Wildman–Crippen LogP) is 5.47. The molecule has 0 aliphatic heterocycles. The Balaban J connectivity index is 0.00000507. The van der Waals surface area contributed by atoms with Crippen molar-refractivity contribution in [1.82, 2.24) is 0 Å². The summed E-state index contributed by atoms with van der Waals surface area (Å²) >= 11 is 1.70. The van der Waals surface area contributed by atoms with Crippen LogP contribution in [0.5, 0.6) is 5.75 Å². The molecule has 1 N–H and O–H groups in total. The number of aromatic nitrogens is 1. The van der Waals surface area contributed by atoms with Crippen LogP contribution in [0.1, 0.15) is 106 Å². The summed E-state index contributed by atoms with van der Waals surface area (Å²) in [5, 5.41) is 5.23. The smallest absolute Gasteiger partial charge is 0.255 e. The van der Waals surface area contributed by atoms with Gasteiger partial charge in [-0.1, -0.05) is 96.1 Å². The molecule has 0 unspecified atom stereocenters. The van der Waals surface area contributed by atoms with Crippen LogP contribution < -0.4 is 31.6 Å². The summed E-state index contributed by atoms with van der Waals surface area (Å²) in [6, 6.07) is 13.9. The van der Waals surface area contributed by atoms with Gasteiger partial charge in [-0.25, -0.2) is 0 Å². The quantitative estimate of drug-likeness (QED) is 0.197. The fraction of sp³-hybridized carbons (Fsp3) is 0.500. The van der Waals surface area contributed by atoms with Crippen LogP contribution in [0.25, 0.3) is 0 Å². The number of rotatable bonds is 14. The van der Waals surface area contributed by atoms with Crippen LogP contribution in [0.3, 0.4) is 0 Å². The van der Waals surface area contributed by atoms with Crippen LogP contribution in [0.4, 0.5) is 5.69 Å². The zero-order valence-electron chi connectivity index (χ0n) is 23.8. The number of nitrogens with one attached hydrogen (secondary N) is 1. The van der Waals surface area contributed by atoms with E-state index in [-0.39, 0.29) is 28.3 Å². The molecule has 3 rings (SSSR count). The van der Waals surface area contributed by atoms with E-state index in [2.05, 4.69) is 61.5 Å². The maximum absolute atomic E-state index is 13.2. The molecule has 38 heavy (non-hydrogen) atoms. The Morgan fingerprint density at radius 3 is 2.34 bits per heavy atom. The van der Waals surface area contributed by atoms with Gasteiger partial charge in [-0.3, -0.25) is 4.79 Å². The van der Waals surface area contributed by atoms with Gasteiger partial charge in [0.15, 0.2) is 12.2 Å². The fourth-order valence-corrected chi connectivity index (χ4v) is 5.24. The SMILES string of the molecule is CCCCCCCCCCOc1ccc(C(=O)Nc2cccc(C[n+]3cscc3C)c2)cc1C(C)(C)C.[Br-]. The Hall–Kier alpha value is -2.18. The van der Waals surface area contributed by atoms with Crippen molar-refractivity contribution >= 4 is 22.9 Å². The molecule has 3 aromatic rings. The summed E-state index contributed by atoms with van der Waals surface area (Å²) in [6.07, 6.45) is 10.3. The van der Waals surface area contributed by atoms with Crippen molar-refractivity contribution < 1.29 is 31.1 Å². The van der Waals surface area contributed by atoms with Gasteiger partial charge in [0, 0.05) is 29.3 Å². The first kappa shape index (κ1) is 32.0. The van der Waals surface area contributed by atoms with E-state index in [1.54, 1.807) is 11.3 Å². The molecule has 0 fully saturated rings. The number of hydrogen-bond acceptors (Lipinski definition) is 3. The molecule has 0 atom stereocenters. The molecule has 1 aromatic heterocycles. The molecule has 0 aliphatic rings. The molecule has 1 heterocycles. The summed E-state index contributed by atoms with van der Waals surface area (Å²) in [6.45, 7) is 12.4. The number of carbonyl (C=O) groups is 1. The van der Waals surface area contributed by atoms with Crippen molar-refractivity contribution in [3.05, 3.63) is 75.7 Å². The molecular formula is C32H45BrN2O2S. The van der Waals surface area contributed by atoms with Crippen molar-refractivity contribution in [2.45, 2.75) is 97.9 Å². The highest BCUT2D eigenvalue weighted by Gasteiger charge is 2.21. The van der Waals surface area contributed by atoms with E-state index in [0.29, 0.717) is 5.56 Å². The lowest BCUT2D eigenvalue weighted by Gasteiger charge is -2.23. The fourth-order valence-electron chi connectivity index (χ4n) is 4.46. The minimum absolute atomic E-state index is 0. The zero-order chi connectivity index (χ0) is 26.7. The normalized spacial score (nSPS) is 11.2. The number of thiazole rings is 1. The minimum Gasteiger partial charge on any atom is -1.00 e. The third-order valence-corrected chi connectivity index (χ3v) is 7.58.